The van der Waals surface area contributed by atoms with Crippen molar-refractivity contribution in [2.75, 3.05) is 5.32 Å². The van der Waals surface area contributed by atoms with Gasteiger partial charge in [0.2, 0.25) is 0 Å². The fourth-order valence-corrected chi connectivity index (χ4v) is 8.33. The number of hydrogen-bond donors (Lipinski definition) is 1. The minimum Gasteiger partial charge on any atom is -0.456 e. The first-order chi connectivity index (χ1) is 27.6. The SMILES string of the molecule is C#C/C(=C\C=C/C)C1=C(c2ccc3c(c2)-c2ccc(C4=C(/C(C#C)=C/C=C\C)CC=C4)cc2-c2cc(-c4cccc5oc6ccccc6c45)ccc2N3)C=CC1. The fourth-order valence-electron chi connectivity index (χ4n) is 8.33. The molecule has 2 aliphatic carbocycles. The summed E-state index contributed by atoms with van der Waals surface area (Å²) in [7, 11) is 0. The van der Waals surface area contributed by atoms with E-state index in [0.717, 1.165) is 119 Å². The molecule has 3 aliphatic rings. The van der Waals surface area contributed by atoms with Crippen LogP contribution >= 0.6 is 0 Å². The van der Waals surface area contributed by atoms with Gasteiger partial charge in [0.15, 0.2) is 0 Å². The van der Waals surface area contributed by atoms with Gasteiger partial charge in [-0.1, -0.05) is 115 Å². The number of hydrogen-bond acceptors (Lipinski definition) is 2. The van der Waals surface area contributed by atoms with E-state index in [1.807, 2.05) is 62.4 Å². The van der Waals surface area contributed by atoms with Gasteiger partial charge in [-0.3, -0.25) is 0 Å². The second kappa shape index (κ2) is 14.5. The van der Waals surface area contributed by atoms with E-state index in [9.17, 15) is 0 Å². The third-order valence-electron chi connectivity index (χ3n) is 11.0. The first-order valence-corrected chi connectivity index (χ1v) is 19.1. The molecule has 0 spiro atoms. The number of anilines is 2. The van der Waals surface area contributed by atoms with E-state index < -0.39 is 0 Å². The molecule has 0 bridgehead atoms. The summed E-state index contributed by atoms with van der Waals surface area (Å²) in [5.41, 5.74) is 19.4. The Kier molecular flexibility index (Phi) is 8.95. The average Bonchev–Trinajstić information content (AvgIpc) is 4.00. The van der Waals surface area contributed by atoms with E-state index in [0.29, 0.717) is 0 Å². The van der Waals surface area contributed by atoms with Crippen molar-refractivity contribution in [3.05, 3.63) is 191 Å². The lowest BCUT2D eigenvalue weighted by Crippen LogP contribution is -1.94. The fraction of sp³-hybridized carbons (Fsp3) is 0.0741. The van der Waals surface area contributed by atoms with E-state index in [4.69, 9.17) is 17.3 Å². The number of allylic oxidation sites excluding steroid dienone is 16. The van der Waals surface area contributed by atoms with E-state index in [2.05, 4.69) is 126 Å². The summed E-state index contributed by atoms with van der Waals surface area (Å²) in [5, 5.41) is 6.09. The Bertz CT molecular complexity index is 2960. The maximum absolute atomic E-state index is 6.31. The molecule has 1 aromatic heterocycles. The number of terminal acetylenes is 2. The Hall–Kier alpha value is -7.26. The highest BCUT2D eigenvalue weighted by molar-refractivity contribution is 6.13. The average molecular weight is 718 g/mol. The maximum Gasteiger partial charge on any atom is 0.136 e. The molecule has 56 heavy (non-hydrogen) atoms. The van der Waals surface area contributed by atoms with Crippen LogP contribution in [0.1, 0.15) is 37.8 Å². The Balaban J connectivity index is 1.27. The second-order valence-electron chi connectivity index (χ2n) is 14.2. The van der Waals surface area contributed by atoms with Crippen molar-refractivity contribution < 1.29 is 4.42 Å². The Morgan fingerprint density at radius 2 is 1.16 bits per heavy atom. The lowest BCUT2D eigenvalue weighted by Gasteiger charge is -2.16. The van der Waals surface area contributed by atoms with Crippen molar-refractivity contribution in [1.82, 2.24) is 0 Å². The highest BCUT2D eigenvalue weighted by atomic mass is 16.3. The number of nitrogens with one attached hydrogen (secondary N) is 1. The van der Waals surface area contributed by atoms with Crippen molar-refractivity contribution in [2.45, 2.75) is 26.7 Å². The zero-order valence-electron chi connectivity index (χ0n) is 31.5. The Morgan fingerprint density at radius 3 is 1.82 bits per heavy atom. The quantitative estimate of drug-likeness (QED) is 0.131. The summed E-state index contributed by atoms with van der Waals surface area (Å²) in [5.74, 6) is 5.89. The molecule has 0 radical (unpaired) electrons. The molecule has 0 unspecified atom stereocenters. The monoisotopic (exact) mass is 717 g/mol. The Morgan fingerprint density at radius 1 is 0.589 bits per heavy atom. The van der Waals surface area contributed by atoms with Crippen LogP contribution in [0, 0.1) is 24.7 Å². The molecule has 0 saturated carbocycles. The van der Waals surface area contributed by atoms with Gasteiger partial charge in [0.1, 0.15) is 11.2 Å². The molecule has 0 atom stereocenters. The van der Waals surface area contributed by atoms with Gasteiger partial charge in [0, 0.05) is 44.4 Å². The molecule has 0 fully saturated rings. The summed E-state index contributed by atoms with van der Waals surface area (Å²) < 4.78 is 6.31. The van der Waals surface area contributed by atoms with E-state index >= 15 is 0 Å². The first kappa shape index (κ1) is 34.5. The zero-order valence-corrected chi connectivity index (χ0v) is 31.5. The van der Waals surface area contributed by atoms with Crippen molar-refractivity contribution >= 4 is 44.5 Å². The number of para-hydroxylation sites is 1. The van der Waals surface area contributed by atoms with Crippen LogP contribution < -0.4 is 5.32 Å². The number of rotatable bonds is 7. The molecule has 2 heteroatoms. The second-order valence-corrected chi connectivity index (χ2v) is 14.2. The minimum absolute atomic E-state index is 0.796. The number of fused-ring (bicyclic) bond motifs is 8. The molecule has 6 aromatic rings. The summed E-state index contributed by atoms with van der Waals surface area (Å²) >= 11 is 0. The smallest absolute Gasteiger partial charge is 0.136 e. The van der Waals surface area contributed by atoms with Crippen LogP contribution in [0.2, 0.25) is 0 Å². The molecule has 2 nitrogen and oxygen atoms in total. The maximum atomic E-state index is 6.31. The molecule has 2 heterocycles. The normalized spacial score (nSPS) is 15.1. The summed E-state index contributed by atoms with van der Waals surface area (Å²) in [6.45, 7) is 4.01. The highest BCUT2D eigenvalue weighted by Crippen LogP contribution is 2.49. The lowest BCUT2D eigenvalue weighted by molar-refractivity contribution is 0.669. The van der Waals surface area contributed by atoms with Gasteiger partial charge in [0.05, 0.1) is 0 Å². The molecule has 5 aromatic carbocycles. The third-order valence-corrected chi connectivity index (χ3v) is 11.0. The molecule has 9 rings (SSSR count). The molecule has 0 amide bonds. The molecule has 1 aliphatic heterocycles. The standard InChI is InChI=1S/C54H39NO/c1-5-9-16-35(7-3)40-19-13-21-42(40)37-26-29-45-47(32-37)49-34-39(44-23-15-25-53-54(44)46-18-11-12-24-52(46)56-53)28-31-51(49)55-50-30-27-38(33-48(45)50)43-22-14-20-41(43)36(8-4)17-10-6-2/h3-6,9-18,21-34,55H,19-20H2,1-2H3/b9-5-,10-6-,35-16+,36-17+. The highest BCUT2D eigenvalue weighted by Gasteiger charge is 2.24. The number of furan rings is 1. The summed E-state index contributed by atoms with van der Waals surface area (Å²) in [6, 6.07) is 35.0. The summed E-state index contributed by atoms with van der Waals surface area (Å²) in [4.78, 5) is 0. The lowest BCUT2D eigenvalue weighted by atomic mass is 9.87. The van der Waals surface area contributed by atoms with Crippen LogP contribution in [0.25, 0.3) is 66.5 Å². The minimum atomic E-state index is 0.796. The third kappa shape index (κ3) is 5.90. The van der Waals surface area contributed by atoms with Crippen molar-refractivity contribution in [3.63, 3.8) is 0 Å². The zero-order chi connectivity index (χ0) is 38.2. The molecule has 1 N–H and O–H groups in total. The number of benzene rings is 5. The van der Waals surface area contributed by atoms with Crippen LogP contribution in [-0.2, 0) is 0 Å². The van der Waals surface area contributed by atoms with Crippen molar-refractivity contribution in [1.29, 1.82) is 0 Å². The van der Waals surface area contributed by atoms with Gasteiger partial charge in [-0.05, 0) is 137 Å². The van der Waals surface area contributed by atoms with E-state index in [-0.39, 0.29) is 0 Å². The van der Waals surface area contributed by atoms with Crippen LogP contribution in [0.3, 0.4) is 0 Å². The van der Waals surface area contributed by atoms with Crippen LogP contribution in [0.5, 0.6) is 0 Å². The van der Waals surface area contributed by atoms with Crippen molar-refractivity contribution in [2.24, 2.45) is 0 Å². The first-order valence-electron chi connectivity index (χ1n) is 19.1. The molecule has 0 saturated heterocycles. The van der Waals surface area contributed by atoms with Crippen LogP contribution in [0.4, 0.5) is 11.4 Å². The molecular formula is C54H39NO. The van der Waals surface area contributed by atoms with Crippen molar-refractivity contribution in [3.8, 4) is 58.1 Å². The van der Waals surface area contributed by atoms with Crippen LogP contribution in [-0.4, -0.2) is 0 Å². The van der Waals surface area contributed by atoms with Gasteiger partial charge >= 0.3 is 0 Å². The van der Waals surface area contributed by atoms with Gasteiger partial charge in [-0.2, -0.15) is 0 Å². The van der Waals surface area contributed by atoms with Gasteiger partial charge in [-0.15, -0.1) is 12.8 Å². The van der Waals surface area contributed by atoms with Gasteiger partial charge in [0.25, 0.3) is 0 Å². The topological polar surface area (TPSA) is 25.2 Å². The van der Waals surface area contributed by atoms with Gasteiger partial charge < -0.3 is 9.73 Å². The molecular weight excluding hydrogens is 679 g/mol. The summed E-state index contributed by atoms with van der Waals surface area (Å²) in [6.07, 6.45) is 34.7. The predicted molar refractivity (Wildman–Crippen MR) is 238 cm³/mol. The van der Waals surface area contributed by atoms with Crippen LogP contribution in [0.15, 0.2) is 185 Å². The van der Waals surface area contributed by atoms with E-state index in [1.165, 1.54) is 5.57 Å². The Labute approximate surface area is 329 Å². The van der Waals surface area contributed by atoms with E-state index in [1.54, 1.807) is 0 Å². The molecule has 266 valence electrons. The van der Waals surface area contributed by atoms with Gasteiger partial charge in [-0.25, -0.2) is 0 Å². The predicted octanol–water partition coefficient (Wildman–Crippen LogP) is 14.3. The largest absolute Gasteiger partial charge is 0.456 e.